The Kier molecular flexibility index (Phi) is 4.32. The van der Waals surface area contributed by atoms with E-state index in [4.69, 9.17) is 0 Å². The van der Waals surface area contributed by atoms with Gasteiger partial charge in [-0.3, -0.25) is 0 Å². The zero-order valence-corrected chi connectivity index (χ0v) is 14.9. The van der Waals surface area contributed by atoms with E-state index in [2.05, 4.69) is 34.2 Å². The van der Waals surface area contributed by atoms with Gasteiger partial charge in [0.1, 0.15) is 0 Å². The van der Waals surface area contributed by atoms with Gasteiger partial charge in [-0.2, -0.15) is 0 Å². The average molecular weight is 355 g/mol. The Balaban J connectivity index is 0.000000605. The maximum Gasteiger partial charge on any atom is 0.0703 e. The summed E-state index contributed by atoms with van der Waals surface area (Å²) >= 11 is 4.55. The van der Waals surface area contributed by atoms with E-state index < -0.39 is 0 Å². The molecule has 0 atom stereocenters. The van der Waals surface area contributed by atoms with E-state index in [0.29, 0.717) is 9.74 Å². The Bertz CT molecular complexity index is 315. The normalized spacial score (nSPS) is 55.2. The number of rotatable bonds is 0. The summed E-state index contributed by atoms with van der Waals surface area (Å²) < 4.78 is 0. The molecule has 20 heavy (non-hydrogen) atoms. The second kappa shape index (κ2) is 5.38. The molecule has 0 aromatic rings. The van der Waals surface area contributed by atoms with Crippen LogP contribution in [-0.2, 0) is 0 Å². The highest BCUT2D eigenvalue weighted by Gasteiger charge is 2.66. The number of hydrogen-bond acceptors (Lipinski definition) is 4. The van der Waals surface area contributed by atoms with E-state index in [-0.39, 0.29) is 24.8 Å². The minimum absolute atomic E-state index is 0. The molecule has 2 nitrogen and oxygen atoms in total. The number of nitrogens with one attached hydrogen (secondary N) is 2. The number of thioether (sulfide) groups is 2. The SMILES string of the molecule is C1CSC2(N1)C1CC3CC2CC(C1)C31NCCS1.Cl.Cl. The molecule has 4 saturated carbocycles. The van der Waals surface area contributed by atoms with Gasteiger partial charge in [-0.1, -0.05) is 0 Å². The molecule has 2 spiro atoms. The molecule has 6 rings (SSSR count). The predicted molar refractivity (Wildman–Crippen MR) is 93.3 cm³/mol. The van der Waals surface area contributed by atoms with Gasteiger partial charge in [0.05, 0.1) is 9.74 Å². The molecule has 6 fully saturated rings. The summed E-state index contributed by atoms with van der Waals surface area (Å²) in [7, 11) is 0. The Morgan fingerprint density at radius 2 is 1.00 bits per heavy atom. The van der Waals surface area contributed by atoms with Crippen LogP contribution >= 0.6 is 48.3 Å². The Hall–Kier alpha value is 1.20. The second-order valence-electron chi connectivity index (χ2n) is 6.87. The lowest BCUT2D eigenvalue weighted by Crippen LogP contribution is -2.69. The van der Waals surface area contributed by atoms with E-state index in [1.807, 2.05) is 0 Å². The fourth-order valence-corrected chi connectivity index (χ4v) is 9.11. The maximum atomic E-state index is 3.93. The molecule has 2 heterocycles. The minimum atomic E-state index is 0. The lowest BCUT2D eigenvalue weighted by atomic mass is 9.51. The molecule has 2 aliphatic heterocycles. The van der Waals surface area contributed by atoms with E-state index in [1.54, 1.807) is 0 Å². The maximum absolute atomic E-state index is 3.93. The van der Waals surface area contributed by atoms with Crippen LogP contribution in [0, 0.1) is 23.7 Å². The molecule has 2 saturated heterocycles. The molecule has 0 amide bonds. The first-order chi connectivity index (χ1) is 8.83. The highest BCUT2D eigenvalue weighted by atomic mass is 35.5. The van der Waals surface area contributed by atoms with Gasteiger partial charge in [-0.05, 0) is 49.4 Å². The Morgan fingerprint density at radius 3 is 1.25 bits per heavy atom. The van der Waals surface area contributed by atoms with Gasteiger partial charge in [-0.15, -0.1) is 48.3 Å². The summed E-state index contributed by atoms with van der Waals surface area (Å²) in [5.74, 6) is 6.59. The third kappa shape index (κ3) is 1.81. The topological polar surface area (TPSA) is 24.1 Å². The van der Waals surface area contributed by atoms with Crippen molar-refractivity contribution in [3.8, 4) is 0 Å². The van der Waals surface area contributed by atoms with Gasteiger partial charge in [0.2, 0.25) is 0 Å². The van der Waals surface area contributed by atoms with Crippen LogP contribution < -0.4 is 10.6 Å². The van der Waals surface area contributed by atoms with Crippen molar-refractivity contribution in [3.63, 3.8) is 0 Å². The van der Waals surface area contributed by atoms with Gasteiger partial charge >= 0.3 is 0 Å². The summed E-state index contributed by atoms with van der Waals surface area (Å²) in [5, 5.41) is 7.86. The van der Waals surface area contributed by atoms with E-state index in [1.165, 1.54) is 50.3 Å². The first-order valence-electron chi connectivity index (χ1n) is 7.61. The number of hydrogen-bond donors (Lipinski definition) is 2. The molecule has 6 aliphatic rings. The molecule has 4 aliphatic carbocycles. The summed E-state index contributed by atoms with van der Waals surface area (Å²) in [4.78, 5) is 1.02. The van der Waals surface area contributed by atoms with Crippen molar-refractivity contribution in [3.05, 3.63) is 0 Å². The molecule has 0 aromatic heterocycles. The first-order valence-corrected chi connectivity index (χ1v) is 9.58. The zero-order valence-electron chi connectivity index (χ0n) is 11.6. The molecule has 6 heteroatoms. The monoisotopic (exact) mass is 354 g/mol. The van der Waals surface area contributed by atoms with Gasteiger partial charge in [0.15, 0.2) is 0 Å². The van der Waals surface area contributed by atoms with Crippen molar-refractivity contribution < 1.29 is 0 Å². The highest BCUT2D eigenvalue weighted by Crippen LogP contribution is 2.68. The van der Waals surface area contributed by atoms with Gasteiger partial charge in [0.25, 0.3) is 0 Å². The third-order valence-corrected chi connectivity index (χ3v) is 9.78. The van der Waals surface area contributed by atoms with E-state index >= 15 is 0 Å². The molecule has 0 radical (unpaired) electrons. The fraction of sp³-hybridized carbons (Fsp3) is 1.00. The number of halogens is 2. The second-order valence-corrected chi connectivity index (χ2v) is 9.61. The van der Waals surface area contributed by atoms with Crippen molar-refractivity contribution in [1.82, 2.24) is 10.6 Å². The van der Waals surface area contributed by atoms with Crippen molar-refractivity contribution >= 4 is 48.3 Å². The van der Waals surface area contributed by atoms with Crippen LogP contribution in [0.4, 0.5) is 0 Å². The van der Waals surface area contributed by atoms with Crippen LogP contribution in [0.15, 0.2) is 0 Å². The molecule has 4 bridgehead atoms. The van der Waals surface area contributed by atoms with Crippen LogP contribution in [0.5, 0.6) is 0 Å². The smallest absolute Gasteiger partial charge is 0.0703 e. The van der Waals surface area contributed by atoms with Crippen LogP contribution in [0.1, 0.15) is 25.7 Å². The summed E-state index contributed by atoms with van der Waals surface area (Å²) in [5.41, 5.74) is 0. The zero-order chi connectivity index (χ0) is 11.8. The van der Waals surface area contributed by atoms with Crippen LogP contribution in [0.3, 0.4) is 0 Å². The standard InChI is InChI=1S/C14H22N2S2.2ClH/c1-3-17-13(15-1)9-5-11-7-10(13)8-12(6-9)14(11)16-2-4-18-14;;/h9-12,15-16H,1-8H2;2*1H. The Morgan fingerprint density at radius 1 is 0.650 bits per heavy atom. The van der Waals surface area contributed by atoms with Crippen LogP contribution in [0.25, 0.3) is 0 Å². The lowest BCUT2D eigenvalue weighted by Gasteiger charge is -2.65. The molecular formula is C14H24Cl2N2S2. The summed E-state index contributed by atoms with van der Waals surface area (Å²) in [6, 6.07) is 0. The largest absolute Gasteiger partial charge is 0.302 e. The molecule has 116 valence electrons. The molecule has 0 aromatic carbocycles. The average Bonchev–Trinajstić information content (AvgIpc) is 2.99. The Labute approximate surface area is 142 Å². The molecular weight excluding hydrogens is 331 g/mol. The molecule has 0 unspecified atom stereocenters. The van der Waals surface area contributed by atoms with Crippen molar-refractivity contribution in [2.45, 2.75) is 35.4 Å². The quantitative estimate of drug-likeness (QED) is 0.698. The van der Waals surface area contributed by atoms with Gasteiger partial charge < -0.3 is 10.6 Å². The summed E-state index contributed by atoms with van der Waals surface area (Å²) in [6.45, 7) is 2.51. The first kappa shape index (κ1) is 16.1. The van der Waals surface area contributed by atoms with Crippen LogP contribution in [0.2, 0.25) is 0 Å². The predicted octanol–water partition coefficient (Wildman–Crippen LogP) is 2.96. The van der Waals surface area contributed by atoms with Gasteiger partial charge in [0, 0.05) is 24.6 Å². The summed E-state index contributed by atoms with van der Waals surface area (Å²) in [6.07, 6.45) is 5.97. The van der Waals surface area contributed by atoms with Crippen molar-refractivity contribution in [2.75, 3.05) is 24.6 Å². The molecule has 2 N–H and O–H groups in total. The third-order valence-electron chi connectivity index (χ3n) is 6.39. The van der Waals surface area contributed by atoms with Crippen molar-refractivity contribution in [2.24, 2.45) is 23.7 Å². The van der Waals surface area contributed by atoms with Crippen LogP contribution in [-0.4, -0.2) is 34.3 Å². The highest BCUT2D eigenvalue weighted by molar-refractivity contribution is 8.01. The lowest BCUT2D eigenvalue weighted by molar-refractivity contribution is -0.0622. The van der Waals surface area contributed by atoms with Gasteiger partial charge in [-0.25, -0.2) is 0 Å². The minimum Gasteiger partial charge on any atom is -0.302 e. The van der Waals surface area contributed by atoms with E-state index in [9.17, 15) is 0 Å². The van der Waals surface area contributed by atoms with Crippen molar-refractivity contribution in [1.29, 1.82) is 0 Å². The fourth-order valence-electron chi connectivity index (χ4n) is 5.91. The van der Waals surface area contributed by atoms with E-state index in [0.717, 1.165) is 23.7 Å².